The molecular formula is C30H38N4O2. The van der Waals surface area contributed by atoms with E-state index in [9.17, 15) is 9.59 Å². The molecule has 190 valence electrons. The van der Waals surface area contributed by atoms with Gasteiger partial charge in [-0.1, -0.05) is 37.3 Å². The second kappa shape index (κ2) is 11.6. The van der Waals surface area contributed by atoms with Crippen LogP contribution in [0, 0.1) is 20.8 Å². The summed E-state index contributed by atoms with van der Waals surface area (Å²) in [6, 6.07) is 14.2. The highest BCUT2D eigenvalue weighted by molar-refractivity contribution is 5.67. The minimum absolute atomic E-state index is 0.275. The molecule has 3 aromatic rings. The molecule has 1 aliphatic heterocycles. The number of rotatable bonds is 9. The Kier molecular flexibility index (Phi) is 8.26. The van der Waals surface area contributed by atoms with E-state index in [2.05, 4.69) is 73.2 Å². The highest BCUT2D eigenvalue weighted by Crippen LogP contribution is 2.24. The van der Waals surface area contributed by atoms with Gasteiger partial charge in [0.15, 0.2) is 0 Å². The van der Waals surface area contributed by atoms with Gasteiger partial charge in [-0.15, -0.1) is 0 Å². The van der Waals surface area contributed by atoms with Crippen molar-refractivity contribution < 1.29 is 0 Å². The van der Waals surface area contributed by atoms with E-state index in [-0.39, 0.29) is 11.2 Å². The number of hydrogen-bond donors (Lipinski definition) is 2. The molecule has 0 saturated heterocycles. The van der Waals surface area contributed by atoms with Gasteiger partial charge in [-0.05, 0) is 98.5 Å². The molecule has 6 nitrogen and oxygen atoms in total. The van der Waals surface area contributed by atoms with E-state index in [1.165, 1.54) is 44.0 Å². The Morgan fingerprint density at radius 2 is 1.69 bits per heavy atom. The molecule has 2 aromatic carbocycles. The van der Waals surface area contributed by atoms with Crippen LogP contribution in [0.25, 0.3) is 5.57 Å². The number of anilines is 2. The first-order valence-corrected chi connectivity index (χ1v) is 13.0. The van der Waals surface area contributed by atoms with E-state index in [0.717, 1.165) is 51.0 Å². The van der Waals surface area contributed by atoms with Crippen LogP contribution in [0.15, 0.2) is 58.1 Å². The van der Waals surface area contributed by atoms with E-state index in [1.807, 2.05) is 12.1 Å². The van der Waals surface area contributed by atoms with Crippen molar-refractivity contribution in [2.75, 3.05) is 25.0 Å². The summed E-state index contributed by atoms with van der Waals surface area (Å²) < 4.78 is 1.30. The van der Waals surface area contributed by atoms with Crippen molar-refractivity contribution in [2.45, 2.75) is 59.9 Å². The molecule has 0 bridgehead atoms. The lowest BCUT2D eigenvalue weighted by Gasteiger charge is -2.26. The third-order valence-corrected chi connectivity index (χ3v) is 7.31. The molecule has 2 N–H and O–H groups in total. The average molecular weight is 487 g/mol. The Morgan fingerprint density at radius 1 is 0.917 bits per heavy atom. The molecule has 0 atom stereocenters. The van der Waals surface area contributed by atoms with Crippen LogP contribution in [0.2, 0.25) is 0 Å². The van der Waals surface area contributed by atoms with E-state index in [4.69, 9.17) is 0 Å². The van der Waals surface area contributed by atoms with Crippen molar-refractivity contribution in [3.05, 3.63) is 97.2 Å². The third-order valence-electron chi connectivity index (χ3n) is 7.31. The molecule has 4 rings (SSSR count). The first kappa shape index (κ1) is 25.7. The van der Waals surface area contributed by atoms with Gasteiger partial charge in [0.2, 0.25) is 0 Å². The fourth-order valence-corrected chi connectivity index (χ4v) is 4.81. The Hall–Kier alpha value is -3.38. The number of aromatic nitrogens is 2. The van der Waals surface area contributed by atoms with Crippen molar-refractivity contribution in [2.24, 2.45) is 0 Å². The molecule has 0 fully saturated rings. The Balaban J connectivity index is 1.28. The van der Waals surface area contributed by atoms with Gasteiger partial charge < -0.3 is 5.32 Å². The van der Waals surface area contributed by atoms with Crippen LogP contribution in [-0.2, 0) is 13.0 Å². The summed E-state index contributed by atoms with van der Waals surface area (Å²) in [6.07, 6.45) is 6.06. The lowest BCUT2D eigenvalue weighted by molar-refractivity contribution is 0.292. The number of aryl methyl sites for hydroxylation is 4. The number of H-pyrrole nitrogens is 1. The number of aromatic amines is 1. The van der Waals surface area contributed by atoms with E-state index in [1.54, 1.807) is 0 Å². The predicted octanol–water partition coefficient (Wildman–Crippen LogP) is 5.34. The highest BCUT2D eigenvalue weighted by Gasteiger charge is 2.13. The molecule has 0 radical (unpaired) electrons. The first-order chi connectivity index (χ1) is 17.3. The topological polar surface area (TPSA) is 70.1 Å². The third kappa shape index (κ3) is 6.24. The lowest BCUT2D eigenvalue weighted by atomic mass is 9.96. The van der Waals surface area contributed by atoms with Crippen molar-refractivity contribution in [1.82, 2.24) is 14.5 Å². The van der Waals surface area contributed by atoms with Crippen molar-refractivity contribution in [3.8, 4) is 0 Å². The Labute approximate surface area is 213 Å². The zero-order valence-corrected chi connectivity index (χ0v) is 22.0. The standard InChI is InChI=1S/C30H38N4O2/c1-5-24-19-27(11-9-22(24)3)31-28-20-29(35)34(30(36)32-28)15-7-6-14-33-16-12-25(13-17-33)26-10-8-21(2)23(4)18-26/h8-12,18-20,31H,5-7,13-17H2,1-4H3,(H,32,36). The zero-order valence-electron chi connectivity index (χ0n) is 22.0. The van der Waals surface area contributed by atoms with E-state index >= 15 is 0 Å². The lowest BCUT2D eigenvalue weighted by Crippen LogP contribution is -2.35. The van der Waals surface area contributed by atoms with Crippen LogP contribution in [0.4, 0.5) is 11.5 Å². The first-order valence-electron chi connectivity index (χ1n) is 13.0. The number of nitrogens with one attached hydrogen (secondary N) is 2. The summed E-state index contributed by atoms with van der Waals surface area (Å²) in [5, 5.41) is 3.17. The minimum Gasteiger partial charge on any atom is -0.342 e. The van der Waals surface area contributed by atoms with Gasteiger partial charge in [-0.2, -0.15) is 0 Å². The van der Waals surface area contributed by atoms with E-state index < -0.39 is 0 Å². The summed E-state index contributed by atoms with van der Waals surface area (Å²) in [4.78, 5) is 30.5. The second-order valence-electron chi connectivity index (χ2n) is 9.88. The van der Waals surface area contributed by atoms with Gasteiger partial charge in [0.1, 0.15) is 5.82 Å². The van der Waals surface area contributed by atoms with Crippen LogP contribution in [-0.4, -0.2) is 34.1 Å². The van der Waals surface area contributed by atoms with Gasteiger partial charge in [0, 0.05) is 31.4 Å². The highest BCUT2D eigenvalue weighted by atomic mass is 16.2. The Morgan fingerprint density at radius 3 is 2.39 bits per heavy atom. The van der Waals surface area contributed by atoms with Crippen molar-refractivity contribution in [3.63, 3.8) is 0 Å². The molecule has 1 aromatic heterocycles. The number of benzene rings is 2. The summed E-state index contributed by atoms with van der Waals surface area (Å²) in [7, 11) is 0. The number of nitrogens with zero attached hydrogens (tertiary/aromatic N) is 2. The molecular weight excluding hydrogens is 448 g/mol. The molecule has 0 saturated carbocycles. The maximum Gasteiger partial charge on any atom is 0.329 e. The van der Waals surface area contributed by atoms with Gasteiger partial charge in [0.25, 0.3) is 5.56 Å². The summed E-state index contributed by atoms with van der Waals surface area (Å²) >= 11 is 0. The number of unbranched alkanes of at least 4 members (excludes halogenated alkanes) is 1. The molecule has 0 spiro atoms. The molecule has 36 heavy (non-hydrogen) atoms. The zero-order chi connectivity index (χ0) is 25.7. The Bertz CT molecular complexity index is 1330. The van der Waals surface area contributed by atoms with E-state index in [0.29, 0.717) is 12.4 Å². The van der Waals surface area contributed by atoms with Crippen LogP contribution < -0.4 is 16.6 Å². The van der Waals surface area contributed by atoms with Gasteiger partial charge in [0.05, 0.1) is 0 Å². The molecule has 1 aliphatic rings. The minimum atomic E-state index is -0.369. The molecule has 0 aliphatic carbocycles. The summed E-state index contributed by atoms with van der Waals surface area (Å²) in [6.45, 7) is 11.9. The monoisotopic (exact) mass is 486 g/mol. The molecule has 0 unspecified atom stereocenters. The van der Waals surface area contributed by atoms with Crippen LogP contribution >= 0.6 is 0 Å². The smallest absolute Gasteiger partial charge is 0.329 e. The summed E-state index contributed by atoms with van der Waals surface area (Å²) in [5.74, 6) is 0.423. The van der Waals surface area contributed by atoms with Crippen LogP contribution in [0.3, 0.4) is 0 Å². The largest absolute Gasteiger partial charge is 0.342 e. The van der Waals surface area contributed by atoms with Gasteiger partial charge in [-0.25, -0.2) is 4.79 Å². The fourth-order valence-electron chi connectivity index (χ4n) is 4.81. The second-order valence-corrected chi connectivity index (χ2v) is 9.88. The molecule has 6 heteroatoms. The quantitative estimate of drug-likeness (QED) is 0.401. The number of hydrogen-bond acceptors (Lipinski definition) is 4. The normalized spacial score (nSPS) is 14.1. The maximum absolute atomic E-state index is 12.6. The summed E-state index contributed by atoms with van der Waals surface area (Å²) in [5.41, 5.74) is 8.12. The predicted molar refractivity (Wildman–Crippen MR) is 149 cm³/mol. The molecule has 2 heterocycles. The SMILES string of the molecule is CCc1cc(Nc2cc(=O)n(CCCCN3CC=C(c4ccc(C)c(C)c4)CC3)c(=O)[nH]2)ccc1C. The fraction of sp³-hybridized carbons (Fsp3) is 0.400. The van der Waals surface area contributed by atoms with Gasteiger partial charge >= 0.3 is 5.69 Å². The van der Waals surface area contributed by atoms with Crippen molar-refractivity contribution in [1.29, 1.82) is 0 Å². The maximum atomic E-state index is 12.6. The molecule has 0 amide bonds. The van der Waals surface area contributed by atoms with Crippen molar-refractivity contribution >= 4 is 17.1 Å². The van der Waals surface area contributed by atoms with Crippen LogP contribution in [0.5, 0.6) is 0 Å². The average Bonchev–Trinajstić information content (AvgIpc) is 2.86. The van der Waals surface area contributed by atoms with Crippen LogP contribution in [0.1, 0.15) is 54.0 Å². The van der Waals surface area contributed by atoms with Gasteiger partial charge in [-0.3, -0.25) is 19.2 Å².